The van der Waals surface area contributed by atoms with Gasteiger partial charge in [-0.15, -0.1) is 0 Å². The van der Waals surface area contributed by atoms with Crippen molar-refractivity contribution in [1.29, 1.82) is 0 Å². The van der Waals surface area contributed by atoms with E-state index < -0.39 is 5.54 Å². The monoisotopic (exact) mass is 328 g/mol. The molecule has 21 heavy (non-hydrogen) atoms. The molecule has 1 aromatic heterocycles. The first kappa shape index (κ1) is 16.7. The molecule has 1 aliphatic carbocycles. The Morgan fingerprint density at radius 2 is 2.29 bits per heavy atom. The van der Waals surface area contributed by atoms with Crippen LogP contribution in [0.1, 0.15) is 51.8 Å². The fraction of sp³-hybridized carbons (Fsp3) is 0.786. The molecule has 2 rings (SSSR count). The molecule has 0 spiro atoms. The summed E-state index contributed by atoms with van der Waals surface area (Å²) in [4.78, 5) is 16.1. The molecule has 1 fully saturated rings. The Morgan fingerprint density at radius 3 is 2.86 bits per heavy atom. The summed E-state index contributed by atoms with van der Waals surface area (Å²) in [6.07, 6.45) is 6.06. The Morgan fingerprint density at radius 1 is 1.52 bits per heavy atom. The maximum Gasteiger partial charge on any atom is 0.237 e. The number of aromatic nitrogens is 2. The average Bonchev–Trinajstić information content (AvgIpc) is 3.13. The van der Waals surface area contributed by atoms with Gasteiger partial charge in [-0.25, -0.2) is 4.98 Å². The summed E-state index contributed by atoms with van der Waals surface area (Å²) < 4.78 is 5.32. The lowest BCUT2D eigenvalue weighted by Gasteiger charge is -2.27. The highest BCUT2D eigenvalue weighted by molar-refractivity contribution is 8.00. The van der Waals surface area contributed by atoms with Crippen LogP contribution >= 0.6 is 23.3 Å². The second-order valence-corrected chi connectivity index (χ2v) is 7.84. The Bertz CT molecular complexity index is 475. The number of carbonyl (C=O) groups is 1. The van der Waals surface area contributed by atoms with Gasteiger partial charge in [-0.2, -0.15) is 4.37 Å². The molecule has 1 aliphatic rings. The maximum atomic E-state index is 11.6. The number of carbonyl (C=O) groups excluding carboxylic acids is 1. The topological polar surface area (TPSA) is 80.9 Å². The molecule has 0 radical (unpaired) electrons. The summed E-state index contributed by atoms with van der Waals surface area (Å²) in [6, 6.07) is 0.491. The summed E-state index contributed by atoms with van der Waals surface area (Å²) in [5.74, 6) is 1.70. The molecule has 1 amide bonds. The van der Waals surface area contributed by atoms with Crippen LogP contribution in [0.5, 0.6) is 0 Å². The molecule has 0 saturated heterocycles. The first-order chi connectivity index (χ1) is 10.0. The molecular formula is C14H24N4OS2. The second-order valence-electron chi connectivity index (χ2n) is 5.75. The minimum atomic E-state index is -0.552. The van der Waals surface area contributed by atoms with Crippen molar-refractivity contribution >= 4 is 29.2 Å². The number of rotatable bonds is 10. The minimum absolute atomic E-state index is 0.237. The smallest absolute Gasteiger partial charge is 0.237 e. The SMILES string of the molecule is CCc1nsc(SCCCCC(C)(NC2CC2)C(N)=O)n1. The van der Waals surface area contributed by atoms with Gasteiger partial charge in [-0.3, -0.25) is 4.79 Å². The third-order valence-corrected chi connectivity index (χ3v) is 5.66. The summed E-state index contributed by atoms with van der Waals surface area (Å²) in [6.45, 7) is 3.99. The van der Waals surface area contributed by atoms with Crippen LogP contribution in [0.4, 0.5) is 0 Å². The van der Waals surface area contributed by atoms with Crippen LogP contribution in [0.2, 0.25) is 0 Å². The van der Waals surface area contributed by atoms with Crippen molar-refractivity contribution in [3.63, 3.8) is 0 Å². The minimum Gasteiger partial charge on any atom is -0.368 e. The van der Waals surface area contributed by atoms with E-state index in [1.807, 2.05) is 6.92 Å². The van der Waals surface area contributed by atoms with Crippen molar-refractivity contribution in [3.05, 3.63) is 5.82 Å². The number of unbranched alkanes of at least 4 members (excludes halogenated alkanes) is 1. The van der Waals surface area contributed by atoms with Crippen molar-refractivity contribution in [2.75, 3.05) is 5.75 Å². The van der Waals surface area contributed by atoms with E-state index in [4.69, 9.17) is 5.73 Å². The Kier molecular flexibility index (Phi) is 6.01. The number of hydrogen-bond donors (Lipinski definition) is 2. The van der Waals surface area contributed by atoms with Gasteiger partial charge in [0.25, 0.3) is 0 Å². The van der Waals surface area contributed by atoms with Gasteiger partial charge in [0.15, 0.2) is 4.34 Å². The number of nitrogens with zero attached hydrogens (tertiary/aromatic N) is 2. The van der Waals surface area contributed by atoms with E-state index in [0.29, 0.717) is 6.04 Å². The van der Waals surface area contributed by atoms with E-state index in [1.165, 1.54) is 11.5 Å². The summed E-state index contributed by atoms with van der Waals surface area (Å²) in [5.41, 5.74) is 5.00. The standard InChI is InChI=1S/C14H24N4OS2/c1-3-11-16-13(21-18-11)20-9-5-4-8-14(2,12(15)19)17-10-6-7-10/h10,17H,3-9H2,1-2H3,(H2,15,19). The third kappa shape index (κ3) is 5.23. The highest BCUT2D eigenvalue weighted by Gasteiger charge is 2.36. The largest absolute Gasteiger partial charge is 0.368 e. The first-order valence-electron chi connectivity index (χ1n) is 7.56. The molecule has 3 N–H and O–H groups in total. The van der Waals surface area contributed by atoms with Crippen LogP contribution in [0.3, 0.4) is 0 Å². The van der Waals surface area contributed by atoms with E-state index in [9.17, 15) is 4.79 Å². The number of amides is 1. The number of primary amides is 1. The van der Waals surface area contributed by atoms with Gasteiger partial charge in [0.2, 0.25) is 5.91 Å². The summed E-state index contributed by atoms with van der Waals surface area (Å²) >= 11 is 3.22. The number of nitrogens with two attached hydrogens (primary N) is 1. The van der Waals surface area contributed by atoms with Gasteiger partial charge in [0.1, 0.15) is 5.82 Å². The first-order valence-corrected chi connectivity index (χ1v) is 9.32. The summed E-state index contributed by atoms with van der Waals surface area (Å²) in [5, 5.41) is 3.38. The molecule has 5 nitrogen and oxygen atoms in total. The number of aryl methyl sites for hydroxylation is 1. The van der Waals surface area contributed by atoms with Crippen molar-refractivity contribution < 1.29 is 4.79 Å². The Hall–Kier alpha value is -0.660. The zero-order valence-electron chi connectivity index (χ0n) is 12.7. The molecule has 1 unspecified atom stereocenters. The maximum absolute atomic E-state index is 11.6. The van der Waals surface area contributed by atoms with Gasteiger partial charge in [0.05, 0.1) is 5.54 Å². The van der Waals surface area contributed by atoms with Crippen LogP contribution in [0, 0.1) is 0 Å². The van der Waals surface area contributed by atoms with Crippen molar-refractivity contribution in [1.82, 2.24) is 14.7 Å². The Labute approximate surface area is 134 Å². The zero-order chi connectivity index (χ0) is 15.3. The molecule has 0 aliphatic heterocycles. The molecule has 0 aromatic carbocycles. The van der Waals surface area contributed by atoms with Gasteiger partial charge < -0.3 is 11.1 Å². The zero-order valence-corrected chi connectivity index (χ0v) is 14.4. The van der Waals surface area contributed by atoms with Crippen molar-refractivity contribution in [2.24, 2.45) is 5.73 Å². The fourth-order valence-corrected chi connectivity index (χ4v) is 3.89. The molecule has 1 aromatic rings. The molecule has 1 saturated carbocycles. The third-order valence-electron chi connectivity index (χ3n) is 3.71. The lowest BCUT2D eigenvalue weighted by Crippen LogP contribution is -2.53. The molecule has 7 heteroatoms. The van der Waals surface area contributed by atoms with Crippen molar-refractivity contribution in [3.8, 4) is 0 Å². The van der Waals surface area contributed by atoms with Crippen LogP contribution in [-0.4, -0.2) is 32.6 Å². The van der Waals surface area contributed by atoms with Gasteiger partial charge >= 0.3 is 0 Å². The van der Waals surface area contributed by atoms with E-state index in [0.717, 1.165) is 54.4 Å². The van der Waals surface area contributed by atoms with Gasteiger partial charge in [-0.1, -0.05) is 25.1 Å². The molecule has 118 valence electrons. The fourth-order valence-electron chi connectivity index (χ4n) is 2.12. The Balaban J connectivity index is 1.66. The second kappa shape index (κ2) is 7.56. The quantitative estimate of drug-likeness (QED) is 0.509. The normalized spacial score (nSPS) is 17.6. The van der Waals surface area contributed by atoms with Crippen LogP contribution in [0.25, 0.3) is 0 Å². The van der Waals surface area contributed by atoms with Crippen LogP contribution < -0.4 is 11.1 Å². The van der Waals surface area contributed by atoms with Crippen molar-refractivity contribution in [2.45, 2.75) is 68.3 Å². The molecular weight excluding hydrogens is 304 g/mol. The van der Waals surface area contributed by atoms with Gasteiger partial charge in [0, 0.05) is 18.2 Å². The van der Waals surface area contributed by atoms with E-state index in [2.05, 4.69) is 21.6 Å². The lowest BCUT2D eigenvalue weighted by atomic mass is 9.94. The molecule has 1 heterocycles. The number of thioether (sulfide) groups is 1. The number of nitrogens with one attached hydrogen (secondary N) is 1. The van der Waals surface area contributed by atoms with Crippen LogP contribution in [0.15, 0.2) is 4.34 Å². The molecule has 1 atom stereocenters. The van der Waals surface area contributed by atoms with E-state index in [1.54, 1.807) is 11.8 Å². The highest BCUT2D eigenvalue weighted by atomic mass is 32.2. The van der Waals surface area contributed by atoms with Gasteiger partial charge in [-0.05, 0) is 44.1 Å². The molecule has 0 bridgehead atoms. The van der Waals surface area contributed by atoms with E-state index in [-0.39, 0.29) is 5.91 Å². The number of hydrogen-bond acceptors (Lipinski definition) is 6. The van der Waals surface area contributed by atoms with E-state index >= 15 is 0 Å². The average molecular weight is 329 g/mol. The summed E-state index contributed by atoms with van der Waals surface area (Å²) in [7, 11) is 0. The van der Waals surface area contributed by atoms with Crippen LogP contribution in [-0.2, 0) is 11.2 Å². The lowest BCUT2D eigenvalue weighted by molar-refractivity contribution is -0.124. The predicted molar refractivity (Wildman–Crippen MR) is 87.6 cm³/mol. The highest BCUT2D eigenvalue weighted by Crippen LogP contribution is 2.26. The predicted octanol–water partition coefficient (Wildman–Crippen LogP) is 2.36.